The van der Waals surface area contributed by atoms with E-state index in [-0.39, 0.29) is 0 Å². The van der Waals surface area contributed by atoms with Gasteiger partial charge >= 0.3 is 0 Å². The number of nitrogens with one attached hydrogen (secondary N) is 1. The van der Waals surface area contributed by atoms with Gasteiger partial charge < -0.3 is 5.32 Å². The van der Waals surface area contributed by atoms with Gasteiger partial charge in [0, 0.05) is 5.25 Å². The van der Waals surface area contributed by atoms with Crippen molar-refractivity contribution in [2.24, 2.45) is 0 Å². The Hall–Kier alpha value is 0.310. The molecule has 0 aliphatic carbocycles. The molecule has 2 heteroatoms. The molecule has 0 radical (unpaired) electrons. The first-order valence-corrected chi connectivity index (χ1v) is 5.30. The summed E-state index contributed by atoms with van der Waals surface area (Å²) in [6.45, 7) is 10.3. The summed E-state index contributed by atoms with van der Waals surface area (Å²) in [5, 5.41) is 3.93. The largest absolute Gasteiger partial charge is 0.317 e. The van der Waals surface area contributed by atoms with E-state index >= 15 is 0 Å². The fourth-order valence-corrected chi connectivity index (χ4v) is 1.06. The van der Waals surface area contributed by atoms with Crippen LogP contribution in [-0.4, -0.2) is 18.3 Å². The van der Waals surface area contributed by atoms with Gasteiger partial charge in [0.15, 0.2) is 0 Å². The fourth-order valence-electron chi connectivity index (χ4n) is 0.807. The highest BCUT2D eigenvalue weighted by molar-refractivity contribution is 7.80. The van der Waals surface area contributed by atoms with Crippen LogP contribution in [0, 0.1) is 0 Å². The Labute approximate surface area is 77.4 Å². The van der Waals surface area contributed by atoms with Gasteiger partial charge in [-0.1, -0.05) is 27.7 Å². The minimum atomic E-state index is 0.668. The third-order valence-corrected chi connectivity index (χ3v) is 1.83. The molecule has 1 aliphatic rings. The van der Waals surface area contributed by atoms with Crippen LogP contribution in [-0.2, 0) is 0 Å². The average Bonchev–Trinajstić information content (AvgIpc) is 2.13. The van der Waals surface area contributed by atoms with Crippen molar-refractivity contribution in [2.45, 2.75) is 45.8 Å². The van der Waals surface area contributed by atoms with Crippen LogP contribution >= 0.6 is 12.6 Å². The zero-order valence-corrected chi connectivity index (χ0v) is 9.25. The van der Waals surface area contributed by atoms with Crippen molar-refractivity contribution < 1.29 is 0 Å². The smallest absolute Gasteiger partial charge is 0.00409 e. The van der Waals surface area contributed by atoms with Gasteiger partial charge in [0.1, 0.15) is 0 Å². The first kappa shape index (κ1) is 13.9. The maximum absolute atomic E-state index is 4.32. The first-order chi connectivity index (χ1) is 5.39. The lowest BCUT2D eigenvalue weighted by atomic mass is 10.2. The van der Waals surface area contributed by atoms with Crippen LogP contribution in [0.15, 0.2) is 0 Å². The highest BCUT2D eigenvalue weighted by Crippen LogP contribution is 2.07. The summed E-state index contributed by atoms with van der Waals surface area (Å²) in [4.78, 5) is 0. The van der Waals surface area contributed by atoms with Crippen molar-refractivity contribution in [1.29, 1.82) is 0 Å². The highest BCUT2D eigenvalue weighted by atomic mass is 32.1. The SMILES string of the molecule is CC.CC.SC1CCNCC1. The Morgan fingerprint density at radius 3 is 1.55 bits per heavy atom. The molecule has 0 amide bonds. The molecule has 1 fully saturated rings. The molecule has 0 aromatic carbocycles. The molecule has 1 heterocycles. The first-order valence-electron chi connectivity index (χ1n) is 4.78. The summed E-state index contributed by atoms with van der Waals surface area (Å²) in [5.74, 6) is 0. The Balaban J connectivity index is 0. The van der Waals surface area contributed by atoms with Crippen LogP contribution in [0.25, 0.3) is 0 Å². The molecule has 11 heavy (non-hydrogen) atoms. The third kappa shape index (κ3) is 10.3. The van der Waals surface area contributed by atoms with E-state index in [0.29, 0.717) is 5.25 Å². The van der Waals surface area contributed by atoms with Crippen molar-refractivity contribution >= 4 is 12.6 Å². The number of piperidine rings is 1. The zero-order valence-electron chi connectivity index (χ0n) is 8.35. The minimum absolute atomic E-state index is 0.668. The Bertz CT molecular complexity index is 51.5. The van der Waals surface area contributed by atoms with Crippen LogP contribution in [0.5, 0.6) is 0 Å². The van der Waals surface area contributed by atoms with Gasteiger partial charge in [-0.2, -0.15) is 12.6 Å². The molecule has 1 saturated heterocycles. The lowest BCUT2D eigenvalue weighted by Gasteiger charge is -2.16. The monoisotopic (exact) mass is 177 g/mol. The Morgan fingerprint density at radius 2 is 1.36 bits per heavy atom. The van der Waals surface area contributed by atoms with E-state index < -0.39 is 0 Å². The van der Waals surface area contributed by atoms with Crippen molar-refractivity contribution in [3.8, 4) is 0 Å². The van der Waals surface area contributed by atoms with Crippen LogP contribution in [0.1, 0.15) is 40.5 Å². The summed E-state index contributed by atoms with van der Waals surface area (Å²) in [6.07, 6.45) is 2.48. The molecular weight excluding hydrogens is 154 g/mol. The molecule has 0 spiro atoms. The molecule has 0 unspecified atom stereocenters. The summed E-state index contributed by atoms with van der Waals surface area (Å²) in [5.41, 5.74) is 0. The van der Waals surface area contributed by atoms with Crippen molar-refractivity contribution in [3.63, 3.8) is 0 Å². The molecule has 0 bridgehead atoms. The van der Waals surface area contributed by atoms with E-state index in [1.807, 2.05) is 27.7 Å². The van der Waals surface area contributed by atoms with Gasteiger partial charge in [-0.25, -0.2) is 0 Å². The molecule has 1 nitrogen and oxygen atoms in total. The van der Waals surface area contributed by atoms with Crippen LogP contribution in [0.4, 0.5) is 0 Å². The second-order valence-corrected chi connectivity index (χ2v) is 2.71. The van der Waals surface area contributed by atoms with E-state index in [4.69, 9.17) is 0 Å². The van der Waals surface area contributed by atoms with E-state index in [0.717, 1.165) is 13.1 Å². The van der Waals surface area contributed by atoms with Crippen molar-refractivity contribution in [2.75, 3.05) is 13.1 Å². The van der Waals surface area contributed by atoms with Gasteiger partial charge in [-0.3, -0.25) is 0 Å². The molecule has 70 valence electrons. The molecule has 0 aromatic rings. The van der Waals surface area contributed by atoms with Crippen molar-refractivity contribution in [1.82, 2.24) is 5.32 Å². The number of hydrogen-bond donors (Lipinski definition) is 2. The fraction of sp³-hybridized carbons (Fsp3) is 1.00. The Kier molecular flexibility index (Phi) is 16.3. The standard InChI is InChI=1S/C5H11NS.2C2H6/c7-5-1-3-6-4-2-5;2*1-2/h5-7H,1-4H2;2*1-2H3. The van der Waals surface area contributed by atoms with E-state index in [1.165, 1.54) is 12.8 Å². The molecule has 1 rings (SSSR count). The molecule has 0 aromatic heterocycles. The number of thiol groups is 1. The third-order valence-electron chi connectivity index (χ3n) is 1.31. The number of rotatable bonds is 0. The maximum Gasteiger partial charge on any atom is 0.00409 e. The van der Waals surface area contributed by atoms with Crippen LogP contribution in [0.2, 0.25) is 0 Å². The zero-order chi connectivity index (χ0) is 9.11. The van der Waals surface area contributed by atoms with Gasteiger partial charge in [-0.05, 0) is 25.9 Å². The lowest BCUT2D eigenvalue weighted by Crippen LogP contribution is -2.27. The van der Waals surface area contributed by atoms with Gasteiger partial charge in [0.2, 0.25) is 0 Å². The molecule has 1 N–H and O–H groups in total. The Morgan fingerprint density at radius 1 is 1.00 bits per heavy atom. The maximum atomic E-state index is 4.32. The summed E-state index contributed by atoms with van der Waals surface area (Å²) < 4.78 is 0. The second kappa shape index (κ2) is 12.9. The summed E-state index contributed by atoms with van der Waals surface area (Å²) in [6, 6.07) is 0. The normalized spacial score (nSPS) is 17.2. The van der Waals surface area contributed by atoms with E-state index in [9.17, 15) is 0 Å². The van der Waals surface area contributed by atoms with Crippen LogP contribution < -0.4 is 5.32 Å². The predicted molar refractivity (Wildman–Crippen MR) is 57.6 cm³/mol. The predicted octanol–water partition coefficient (Wildman–Crippen LogP) is 2.72. The van der Waals surface area contributed by atoms with E-state index in [1.54, 1.807) is 0 Å². The quantitative estimate of drug-likeness (QED) is 0.542. The molecule has 1 aliphatic heterocycles. The lowest BCUT2D eigenvalue weighted by molar-refractivity contribution is 0.533. The van der Waals surface area contributed by atoms with Gasteiger partial charge in [-0.15, -0.1) is 0 Å². The molecular formula is C9H23NS. The second-order valence-electron chi connectivity index (χ2n) is 1.98. The van der Waals surface area contributed by atoms with Gasteiger partial charge in [0.05, 0.1) is 0 Å². The van der Waals surface area contributed by atoms with Gasteiger partial charge in [0.25, 0.3) is 0 Å². The summed E-state index contributed by atoms with van der Waals surface area (Å²) >= 11 is 4.32. The highest BCUT2D eigenvalue weighted by Gasteiger charge is 2.05. The average molecular weight is 177 g/mol. The van der Waals surface area contributed by atoms with Crippen LogP contribution in [0.3, 0.4) is 0 Å². The topological polar surface area (TPSA) is 12.0 Å². The molecule has 0 saturated carbocycles. The minimum Gasteiger partial charge on any atom is -0.317 e. The molecule has 0 atom stereocenters. The summed E-state index contributed by atoms with van der Waals surface area (Å²) in [7, 11) is 0. The number of hydrogen-bond acceptors (Lipinski definition) is 2. The van der Waals surface area contributed by atoms with E-state index in [2.05, 4.69) is 17.9 Å². The van der Waals surface area contributed by atoms with Crippen molar-refractivity contribution in [3.05, 3.63) is 0 Å².